The average Bonchev–Trinajstić information content (AvgIpc) is 3.10. The molecule has 0 bridgehead atoms. The van der Waals surface area contributed by atoms with E-state index in [9.17, 15) is 19.4 Å². The fourth-order valence-corrected chi connectivity index (χ4v) is 4.14. The Morgan fingerprint density at radius 3 is 2.43 bits per heavy atom. The number of aromatic nitrogens is 2. The van der Waals surface area contributed by atoms with Gasteiger partial charge in [-0.1, -0.05) is 37.6 Å². The molecule has 3 aromatic rings. The summed E-state index contributed by atoms with van der Waals surface area (Å²) in [6.45, 7) is 9.35. The molecular formula is C27H32ClFN2O4. The number of hydrogen-bond acceptors (Lipinski definition) is 5. The average molecular weight is 503 g/mol. The zero-order chi connectivity index (χ0) is 25.9. The summed E-state index contributed by atoms with van der Waals surface area (Å²) in [5.74, 6) is -0.800. The van der Waals surface area contributed by atoms with Crippen LogP contribution in [0.25, 0.3) is 22.9 Å². The maximum absolute atomic E-state index is 13.6. The quantitative estimate of drug-likeness (QED) is 0.382. The molecule has 0 aliphatic heterocycles. The highest BCUT2D eigenvalue weighted by Crippen LogP contribution is 2.34. The summed E-state index contributed by atoms with van der Waals surface area (Å²) in [6.07, 6.45) is 1.000. The second-order valence-electron chi connectivity index (χ2n) is 9.90. The van der Waals surface area contributed by atoms with E-state index in [2.05, 4.69) is 0 Å². The smallest absolute Gasteiger partial charge is 0.308 e. The monoisotopic (exact) mass is 502 g/mol. The predicted molar refractivity (Wildman–Crippen MR) is 136 cm³/mol. The highest BCUT2D eigenvalue weighted by atomic mass is 35.5. The van der Waals surface area contributed by atoms with E-state index in [1.54, 1.807) is 55.6 Å². The Balaban J connectivity index is 1.94. The molecule has 1 aromatic carbocycles. The van der Waals surface area contributed by atoms with E-state index >= 15 is 0 Å². The van der Waals surface area contributed by atoms with Gasteiger partial charge in [-0.05, 0) is 68.7 Å². The van der Waals surface area contributed by atoms with Crippen LogP contribution in [0, 0.1) is 5.82 Å². The fourth-order valence-electron chi connectivity index (χ4n) is 3.95. The number of aliphatic hydroxyl groups is 2. The molecule has 0 radical (unpaired) electrons. The first-order valence-corrected chi connectivity index (χ1v) is 12.0. The Kier molecular flexibility index (Phi) is 8.36. The number of benzene rings is 1. The summed E-state index contributed by atoms with van der Waals surface area (Å²) in [7, 11) is 0. The lowest BCUT2D eigenvalue weighted by molar-refractivity contribution is -0.157. The van der Waals surface area contributed by atoms with Gasteiger partial charge in [-0.2, -0.15) is 5.10 Å². The number of esters is 1. The van der Waals surface area contributed by atoms with Gasteiger partial charge in [0.25, 0.3) is 0 Å². The normalized spacial score (nSPS) is 14.1. The topological polar surface area (TPSA) is 84.1 Å². The molecule has 0 saturated carbocycles. The van der Waals surface area contributed by atoms with Crippen molar-refractivity contribution in [2.45, 2.75) is 71.2 Å². The van der Waals surface area contributed by atoms with Crippen molar-refractivity contribution in [1.29, 1.82) is 0 Å². The Hall–Kier alpha value is -2.74. The van der Waals surface area contributed by atoms with Gasteiger partial charge in [-0.15, -0.1) is 0 Å². The van der Waals surface area contributed by atoms with Crippen molar-refractivity contribution in [2.75, 3.05) is 0 Å². The zero-order valence-electron chi connectivity index (χ0n) is 20.6. The highest BCUT2D eigenvalue weighted by Gasteiger charge is 2.22. The number of nitrogens with zero attached hydrogens (tertiary/aromatic N) is 2. The van der Waals surface area contributed by atoms with Crippen LogP contribution in [0.15, 0.2) is 42.5 Å². The molecule has 6 nitrogen and oxygen atoms in total. The van der Waals surface area contributed by atoms with Crippen molar-refractivity contribution < 1.29 is 24.1 Å². The molecule has 2 N–H and O–H groups in total. The van der Waals surface area contributed by atoms with Gasteiger partial charge in [-0.25, -0.2) is 8.91 Å². The third kappa shape index (κ3) is 6.90. The number of ether oxygens (including phenoxy) is 1. The molecule has 2 heterocycles. The van der Waals surface area contributed by atoms with Gasteiger partial charge in [0.2, 0.25) is 0 Å². The van der Waals surface area contributed by atoms with E-state index in [4.69, 9.17) is 21.4 Å². The largest absolute Gasteiger partial charge is 0.460 e. The van der Waals surface area contributed by atoms with Crippen LogP contribution in [-0.4, -0.2) is 43.6 Å². The molecule has 35 heavy (non-hydrogen) atoms. The molecule has 188 valence electrons. The molecule has 8 heteroatoms. The van der Waals surface area contributed by atoms with Crippen molar-refractivity contribution in [2.24, 2.45) is 0 Å². The van der Waals surface area contributed by atoms with Crippen LogP contribution in [0.4, 0.5) is 4.39 Å². The zero-order valence-corrected chi connectivity index (χ0v) is 21.4. The highest BCUT2D eigenvalue weighted by molar-refractivity contribution is 6.30. The fraction of sp³-hybridized carbons (Fsp3) is 0.407. The van der Waals surface area contributed by atoms with E-state index in [1.165, 1.54) is 12.1 Å². The minimum atomic E-state index is -1.06. The first-order chi connectivity index (χ1) is 16.4. The van der Waals surface area contributed by atoms with Crippen LogP contribution in [0.5, 0.6) is 0 Å². The maximum atomic E-state index is 13.6. The van der Waals surface area contributed by atoms with E-state index < -0.39 is 23.8 Å². The summed E-state index contributed by atoms with van der Waals surface area (Å²) in [4.78, 5) is 12.0. The Morgan fingerprint density at radius 2 is 1.83 bits per heavy atom. The number of rotatable bonds is 8. The van der Waals surface area contributed by atoms with Crippen molar-refractivity contribution in [3.63, 3.8) is 0 Å². The van der Waals surface area contributed by atoms with Gasteiger partial charge in [-0.3, -0.25) is 4.79 Å². The van der Waals surface area contributed by atoms with Crippen molar-refractivity contribution in [3.8, 4) is 11.3 Å². The molecule has 0 amide bonds. The Labute approximate surface area is 210 Å². The lowest BCUT2D eigenvalue weighted by atomic mass is 9.93. The van der Waals surface area contributed by atoms with Gasteiger partial charge in [0.15, 0.2) is 0 Å². The molecule has 0 saturated heterocycles. The second-order valence-corrected chi connectivity index (χ2v) is 10.3. The standard InChI is InChI=1S/C27H32ClFN2O4/c1-16(2)25-21(11-10-19(32)14-20(33)15-24(34)35-27(3,4)5)26(17-6-8-18(29)9-7-17)30-31-22(25)12-13-23(31)28/h6-13,16,19-20,32-33H,14-15H2,1-5H3/b11-10+/t19-,20-/m1/s1. The molecule has 0 spiro atoms. The molecule has 2 aromatic heterocycles. The summed E-state index contributed by atoms with van der Waals surface area (Å²) in [5.41, 5.74) is 3.18. The van der Waals surface area contributed by atoms with Gasteiger partial charge in [0.1, 0.15) is 16.6 Å². The predicted octanol–water partition coefficient (Wildman–Crippen LogP) is 5.77. The molecular weight excluding hydrogens is 471 g/mol. The minimum Gasteiger partial charge on any atom is -0.460 e. The van der Waals surface area contributed by atoms with Gasteiger partial charge in [0, 0.05) is 17.5 Å². The van der Waals surface area contributed by atoms with E-state index in [1.807, 2.05) is 19.9 Å². The summed E-state index contributed by atoms with van der Waals surface area (Å²) >= 11 is 6.37. The number of hydrogen-bond donors (Lipinski definition) is 2. The van der Waals surface area contributed by atoms with Gasteiger partial charge >= 0.3 is 5.97 Å². The Bertz CT molecular complexity index is 1210. The molecule has 3 rings (SSSR count). The lowest BCUT2D eigenvalue weighted by Gasteiger charge is -2.21. The third-order valence-electron chi connectivity index (χ3n) is 5.35. The van der Waals surface area contributed by atoms with Crippen LogP contribution in [0.1, 0.15) is 64.5 Å². The van der Waals surface area contributed by atoms with Crippen molar-refractivity contribution in [1.82, 2.24) is 9.61 Å². The number of aliphatic hydroxyl groups excluding tert-OH is 2. The number of fused-ring (bicyclic) bond motifs is 1. The van der Waals surface area contributed by atoms with Crippen LogP contribution in [-0.2, 0) is 9.53 Å². The third-order valence-corrected chi connectivity index (χ3v) is 5.63. The molecule has 2 atom stereocenters. The van der Waals surface area contributed by atoms with Crippen LogP contribution in [0.2, 0.25) is 5.15 Å². The number of carbonyl (C=O) groups excluding carboxylic acids is 1. The lowest BCUT2D eigenvalue weighted by Crippen LogP contribution is -2.27. The molecule has 0 aliphatic rings. The first kappa shape index (κ1) is 26.9. The summed E-state index contributed by atoms with van der Waals surface area (Å²) in [6, 6.07) is 9.66. The second kappa shape index (κ2) is 10.9. The van der Waals surface area contributed by atoms with Gasteiger partial charge in [0.05, 0.1) is 29.8 Å². The van der Waals surface area contributed by atoms with Crippen molar-refractivity contribution >= 4 is 29.2 Å². The van der Waals surface area contributed by atoms with E-state index in [0.717, 1.165) is 16.6 Å². The maximum Gasteiger partial charge on any atom is 0.308 e. The van der Waals surface area contributed by atoms with Gasteiger partial charge < -0.3 is 14.9 Å². The Morgan fingerprint density at radius 1 is 1.17 bits per heavy atom. The summed E-state index contributed by atoms with van der Waals surface area (Å²) in [5, 5.41) is 26.0. The number of halogens is 2. The summed E-state index contributed by atoms with van der Waals surface area (Å²) < 4.78 is 20.5. The van der Waals surface area contributed by atoms with E-state index in [0.29, 0.717) is 16.4 Å². The molecule has 0 aliphatic carbocycles. The minimum absolute atomic E-state index is 0.0364. The van der Waals surface area contributed by atoms with Crippen molar-refractivity contribution in [3.05, 3.63) is 64.6 Å². The SMILES string of the molecule is CC(C)c1c(/C=C/[C@@H](O)C[C@@H](O)CC(=O)OC(C)(C)C)c(-c2ccc(F)cc2)nn2c(Cl)ccc12. The van der Waals surface area contributed by atoms with E-state index in [-0.39, 0.29) is 24.6 Å². The van der Waals surface area contributed by atoms with Crippen LogP contribution >= 0.6 is 11.6 Å². The first-order valence-electron chi connectivity index (χ1n) is 11.6. The number of carbonyl (C=O) groups is 1. The van der Waals surface area contributed by atoms with Crippen LogP contribution in [0.3, 0.4) is 0 Å². The molecule has 0 fully saturated rings. The van der Waals surface area contributed by atoms with Crippen LogP contribution < -0.4 is 0 Å². The molecule has 0 unspecified atom stereocenters.